The second-order valence-corrected chi connectivity index (χ2v) is 8.54. The number of carbonyl (C=O) groups is 2. The molecule has 2 heterocycles. The van der Waals surface area contributed by atoms with E-state index in [0.29, 0.717) is 18.5 Å². The van der Waals surface area contributed by atoms with Gasteiger partial charge in [0.25, 0.3) is 11.5 Å². The van der Waals surface area contributed by atoms with Gasteiger partial charge in [0.2, 0.25) is 5.91 Å². The van der Waals surface area contributed by atoms with Crippen LogP contribution in [0.25, 0.3) is 10.8 Å². The number of carbonyl (C=O) groups excluding carboxylic acids is 2. The van der Waals surface area contributed by atoms with Gasteiger partial charge < -0.3 is 14.8 Å². The number of hydrogen-bond acceptors (Lipinski definition) is 3. The van der Waals surface area contributed by atoms with Gasteiger partial charge in [-0.3, -0.25) is 14.4 Å². The molecule has 0 saturated carbocycles. The molecule has 4 rings (SSSR count). The van der Waals surface area contributed by atoms with Crippen molar-refractivity contribution in [1.82, 2.24) is 14.8 Å². The Balaban J connectivity index is 1.87. The van der Waals surface area contributed by atoms with Crippen LogP contribution >= 0.6 is 0 Å². The summed E-state index contributed by atoms with van der Waals surface area (Å²) in [4.78, 5) is 40.3. The lowest BCUT2D eigenvalue weighted by atomic mass is 10.0. The van der Waals surface area contributed by atoms with Gasteiger partial charge in [-0.1, -0.05) is 24.3 Å². The van der Waals surface area contributed by atoms with Gasteiger partial charge >= 0.3 is 6.18 Å². The van der Waals surface area contributed by atoms with Gasteiger partial charge in [0.05, 0.1) is 29.6 Å². The Hall–Kier alpha value is -3.76. The monoisotopic (exact) mass is 507 g/mol. The Bertz CT molecular complexity index is 1380. The van der Waals surface area contributed by atoms with E-state index in [4.69, 9.17) is 0 Å². The summed E-state index contributed by atoms with van der Waals surface area (Å²) in [5, 5.41) is 1.98. The van der Waals surface area contributed by atoms with E-state index >= 15 is 0 Å². The van der Waals surface area contributed by atoms with Crippen molar-refractivity contribution < 1.29 is 31.5 Å². The first-order valence-electron chi connectivity index (χ1n) is 11.3. The number of nitrogens with one attached hydrogen (secondary N) is 1. The highest BCUT2D eigenvalue weighted by molar-refractivity contribution is 6.08. The lowest BCUT2D eigenvalue weighted by molar-refractivity contribution is -0.137. The number of fused-ring (bicyclic) bond motifs is 1. The second-order valence-electron chi connectivity index (χ2n) is 8.54. The summed E-state index contributed by atoms with van der Waals surface area (Å²) in [6.45, 7) is -0.968. The Morgan fingerprint density at radius 2 is 1.81 bits per heavy atom. The van der Waals surface area contributed by atoms with Crippen LogP contribution in [0, 0.1) is 11.6 Å². The fraction of sp³-hybridized carbons (Fsp3) is 0.320. The largest absolute Gasteiger partial charge is 0.390 e. The third-order valence-electron chi connectivity index (χ3n) is 6.06. The van der Waals surface area contributed by atoms with Crippen molar-refractivity contribution in [1.29, 1.82) is 0 Å². The molecular formula is C25H22F5N3O3. The zero-order valence-corrected chi connectivity index (χ0v) is 19.0. The first kappa shape index (κ1) is 25.3. The summed E-state index contributed by atoms with van der Waals surface area (Å²) in [5.74, 6) is -2.57. The van der Waals surface area contributed by atoms with Gasteiger partial charge in [-0.05, 0) is 30.2 Å². The number of alkyl halides is 3. The molecule has 0 spiro atoms. The maximum atomic E-state index is 14.8. The van der Waals surface area contributed by atoms with Gasteiger partial charge in [-0.25, -0.2) is 8.78 Å². The highest BCUT2D eigenvalue weighted by Gasteiger charge is 2.31. The Labute approximate surface area is 202 Å². The quantitative estimate of drug-likeness (QED) is 0.486. The number of hydrogen-bond donors (Lipinski definition) is 1. The minimum atomic E-state index is -4.62. The first-order chi connectivity index (χ1) is 17.0. The molecule has 0 aliphatic carbocycles. The van der Waals surface area contributed by atoms with Crippen LogP contribution in [-0.4, -0.2) is 34.0 Å². The molecule has 1 aliphatic rings. The standard InChI is InChI=1S/C25H22F5N3O3/c26-16-5-1-4-15(12-16)13-31-23(35)22-17-6-2-7-18(27)21(17)24(36)33(11-9-25(28,29)30)19(22)14-32-10-3-8-20(32)34/h1-2,4-7,12H,3,8-11,13-14H2,(H,31,35). The maximum Gasteiger partial charge on any atom is 0.390 e. The van der Waals surface area contributed by atoms with Gasteiger partial charge in [0.15, 0.2) is 0 Å². The highest BCUT2D eigenvalue weighted by atomic mass is 19.4. The van der Waals surface area contributed by atoms with E-state index in [-0.39, 0.29) is 42.1 Å². The molecule has 1 N–H and O–H groups in total. The van der Waals surface area contributed by atoms with Gasteiger partial charge in [-0.15, -0.1) is 0 Å². The molecule has 190 valence electrons. The van der Waals surface area contributed by atoms with E-state index in [0.717, 1.165) is 10.6 Å². The average Bonchev–Trinajstić information content (AvgIpc) is 3.21. The predicted molar refractivity (Wildman–Crippen MR) is 121 cm³/mol. The van der Waals surface area contributed by atoms with Gasteiger partial charge in [0.1, 0.15) is 11.6 Å². The molecule has 3 aromatic rings. The van der Waals surface area contributed by atoms with E-state index in [9.17, 15) is 36.3 Å². The maximum absolute atomic E-state index is 14.8. The molecule has 6 nitrogen and oxygen atoms in total. The van der Waals surface area contributed by atoms with Crippen molar-refractivity contribution in [3.8, 4) is 0 Å². The summed E-state index contributed by atoms with van der Waals surface area (Å²) < 4.78 is 68.4. The van der Waals surface area contributed by atoms with Crippen molar-refractivity contribution in [3.63, 3.8) is 0 Å². The normalized spacial score (nSPS) is 14.0. The van der Waals surface area contributed by atoms with Crippen LogP contribution in [0.5, 0.6) is 0 Å². The smallest absolute Gasteiger partial charge is 0.348 e. The third-order valence-corrected chi connectivity index (χ3v) is 6.06. The number of pyridine rings is 1. The summed E-state index contributed by atoms with van der Waals surface area (Å²) in [6.07, 6.45) is -5.26. The van der Waals surface area contributed by atoms with E-state index in [1.54, 1.807) is 6.07 Å². The summed E-state index contributed by atoms with van der Waals surface area (Å²) in [7, 11) is 0. The Morgan fingerprint density at radius 3 is 2.47 bits per heavy atom. The van der Waals surface area contributed by atoms with Crippen LogP contribution in [0.2, 0.25) is 0 Å². The van der Waals surface area contributed by atoms with Crippen LogP contribution in [0.1, 0.15) is 40.9 Å². The summed E-state index contributed by atoms with van der Waals surface area (Å²) >= 11 is 0. The SMILES string of the molecule is O=C(NCc1cccc(F)c1)c1c(CN2CCCC2=O)n(CCC(F)(F)F)c(=O)c2c(F)cccc12. The van der Waals surface area contributed by atoms with E-state index in [1.807, 2.05) is 0 Å². The van der Waals surface area contributed by atoms with Crippen LogP contribution in [0.15, 0.2) is 47.3 Å². The predicted octanol–water partition coefficient (Wildman–Crippen LogP) is 4.28. The topological polar surface area (TPSA) is 71.4 Å². The molecule has 11 heteroatoms. The fourth-order valence-electron chi connectivity index (χ4n) is 4.36. The number of aromatic nitrogens is 1. The number of benzene rings is 2. The number of rotatable bonds is 7. The molecule has 2 aromatic carbocycles. The van der Waals surface area contributed by atoms with Crippen molar-refractivity contribution in [2.45, 2.75) is 45.1 Å². The molecule has 1 fully saturated rings. The average molecular weight is 507 g/mol. The zero-order chi connectivity index (χ0) is 26.0. The minimum Gasteiger partial charge on any atom is -0.348 e. The van der Waals surface area contributed by atoms with Crippen LogP contribution in [0.4, 0.5) is 22.0 Å². The molecule has 0 radical (unpaired) electrons. The zero-order valence-electron chi connectivity index (χ0n) is 19.0. The molecule has 1 saturated heterocycles. The number of halogens is 5. The summed E-state index contributed by atoms with van der Waals surface area (Å²) in [5.41, 5.74) is -0.923. The molecule has 2 amide bonds. The Kier molecular flexibility index (Phi) is 7.09. The Morgan fingerprint density at radius 1 is 1.06 bits per heavy atom. The van der Waals surface area contributed by atoms with E-state index in [2.05, 4.69) is 5.32 Å². The molecule has 0 bridgehead atoms. The van der Waals surface area contributed by atoms with Crippen LogP contribution in [0.3, 0.4) is 0 Å². The van der Waals surface area contributed by atoms with Crippen LogP contribution in [-0.2, 0) is 24.4 Å². The van der Waals surface area contributed by atoms with Gasteiger partial charge in [-0.2, -0.15) is 13.2 Å². The minimum absolute atomic E-state index is 0.0818. The molecule has 1 aliphatic heterocycles. The number of amides is 2. The third kappa shape index (κ3) is 5.39. The molecule has 1 aromatic heterocycles. The molecule has 36 heavy (non-hydrogen) atoms. The van der Waals surface area contributed by atoms with Crippen LogP contribution < -0.4 is 10.9 Å². The lowest BCUT2D eigenvalue weighted by Crippen LogP contribution is -2.36. The number of nitrogens with zero attached hydrogens (tertiary/aromatic N) is 2. The van der Waals surface area contributed by atoms with E-state index < -0.39 is 47.6 Å². The van der Waals surface area contributed by atoms with Crippen molar-refractivity contribution >= 4 is 22.6 Å². The van der Waals surface area contributed by atoms with E-state index in [1.165, 1.54) is 35.2 Å². The van der Waals surface area contributed by atoms with Gasteiger partial charge in [0, 0.05) is 31.4 Å². The summed E-state index contributed by atoms with van der Waals surface area (Å²) in [6, 6.07) is 9.04. The van der Waals surface area contributed by atoms with Crippen molar-refractivity contribution in [2.75, 3.05) is 6.54 Å². The first-order valence-corrected chi connectivity index (χ1v) is 11.3. The van der Waals surface area contributed by atoms with Crippen molar-refractivity contribution in [3.05, 3.63) is 81.3 Å². The van der Waals surface area contributed by atoms with Crippen molar-refractivity contribution in [2.24, 2.45) is 0 Å². The molecular weight excluding hydrogens is 485 g/mol. The highest BCUT2D eigenvalue weighted by Crippen LogP contribution is 2.27. The number of likely N-dealkylation sites (tertiary alicyclic amines) is 1. The fourth-order valence-corrected chi connectivity index (χ4v) is 4.36. The molecule has 0 atom stereocenters. The lowest BCUT2D eigenvalue weighted by Gasteiger charge is -2.24. The second kappa shape index (κ2) is 10.1. The molecule has 0 unspecified atom stereocenters.